The second-order valence-corrected chi connectivity index (χ2v) is 19.5. The molecule has 9 nitrogen and oxygen atoms in total. The third kappa shape index (κ3) is 10.6. The Morgan fingerprint density at radius 1 is 0.875 bits per heavy atom. The van der Waals surface area contributed by atoms with Gasteiger partial charge < -0.3 is 19.9 Å². The zero-order chi connectivity index (χ0) is 46.4. The second-order valence-electron chi connectivity index (χ2n) is 19.5. The zero-order valence-electron chi connectivity index (χ0n) is 40.7. The van der Waals surface area contributed by atoms with E-state index in [0.717, 1.165) is 99.1 Å². The van der Waals surface area contributed by atoms with Crippen LogP contribution in [0.1, 0.15) is 146 Å². The molecule has 2 N–H and O–H groups in total. The van der Waals surface area contributed by atoms with E-state index in [1.54, 1.807) is 0 Å². The number of carbonyl (C=O) groups excluding carboxylic acids is 2. The lowest BCUT2D eigenvalue weighted by Crippen LogP contribution is -2.25. The van der Waals surface area contributed by atoms with Crippen LogP contribution in [-0.2, 0) is 19.1 Å². The van der Waals surface area contributed by atoms with Gasteiger partial charge in [-0.05, 0) is 118 Å². The molecule has 64 heavy (non-hydrogen) atoms. The quantitative estimate of drug-likeness (QED) is 0.0928. The normalized spacial score (nSPS) is 22.8. The van der Waals surface area contributed by atoms with Crippen LogP contribution in [0.2, 0.25) is 0 Å². The molecule has 5 heterocycles. The molecule has 6 aliphatic rings. The van der Waals surface area contributed by atoms with Crippen molar-refractivity contribution in [3.8, 4) is 0 Å². The van der Waals surface area contributed by atoms with Crippen molar-refractivity contribution in [3.05, 3.63) is 116 Å². The van der Waals surface area contributed by atoms with E-state index >= 15 is 0 Å². The molecule has 0 spiro atoms. The number of hydrogen-bond donors (Lipinski definition) is 2. The Kier molecular flexibility index (Phi) is 16.1. The van der Waals surface area contributed by atoms with Crippen molar-refractivity contribution in [2.45, 2.75) is 146 Å². The van der Waals surface area contributed by atoms with Gasteiger partial charge in [-0.3, -0.25) is 9.59 Å². The summed E-state index contributed by atoms with van der Waals surface area (Å²) < 4.78 is 11.1. The van der Waals surface area contributed by atoms with Crippen LogP contribution in [0, 0.1) is 35.5 Å². The number of methoxy groups -OCH3 is 1. The Hall–Kier alpha value is -5.05. The summed E-state index contributed by atoms with van der Waals surface area (Å²) in [4.78, 5) is 42.4. The topological polar surface area (TPSA) is 122 Å². The first-order chi connectivity index (χ1) is 30.6. The van der Waals surface area contributed by atoms with Gasteiger partial charge >= 0.3 is 11.9 Å². The first-order valence-electron chi connectivity index (χ1n) is 24.1. The molecule has 344 valence electrons. The fraction of sp³-hybridized carbons (Fsp3) is 0.545. The zero-order valence-corrected chi connectivity index (χ0v) is 40.7. The first-order valence-corrected chi connectivity index (χ1v) is 24.1. The van der Waals surface area contributed by atoms with Crippen molar-refractivity contribution in [3.63, 3.8) is 0 Å². The second kappa shape index (κ2) is 21.3. The van der Waals surface area contributed by atoms with Gasteiger partial charge in [-0.15, -0.1) is 0 Å². The maximum absolute atomic E-state index is 13.6. The van der Waals surface area contributed by atoms with Gasteiger partial charge in [0, 0.05) is 46.4 Å². The molecule has 1 aliphatic carbocycles. The molecule has 0 aromatic rings. The molecule has 8 bridgehead atoms. The van der Waals surface area contributed by atoms with Crippen molar-refractivity contribution in [2.24, 2.45) is 50.5 Å². The molecule has 0 aromatic heterocycles. The largest absolute Gasteiger partial charge is 0.510 e. The van der Waals surface area contributed by atoms with Crippen LogP contribution in [0.15, 0.2) is 131 Å². The summed E-state index contributed by atoms with van der Waals surface area (Å²) in [7, 11) is 1.33. The summed E-state index contributed by atoms with van der Waals surface area (Å²) in [6.45, 7) is 26.2. The highest BCUT2D eigenvalue weighted by molar-refractivity contribution is 6.24. The first kappa shape index (κ1) is 48.4. The number of rotatable bonds is 20. The smallest absolute Gasteiger partial charge is 0.321 e. The Bertz CT molecular complexity index is 2300. The van der Waals surface area contributed by atoms with E-state index in [9.17, 15) is 14.7 Å². The molecule has 1 saturated heterocycles. The van der Waals surface area contributed by atoms with E-state index in [1.807, 2.05) is 38.2 Å². The summed E-state index contributed by atoms with van der Waals surface area (Å²) in [5, 5.41) is 15.6. The molecule has 0 amide bonds. The summed E-state index contributed by atoms with van der Waals surface area (Å²) >= 11 is 0. The number of aliphatic hydroxyl groups excluding tert-OH is 1. The van der Waals surface area contributed by atoms with Crippen LogP contribution in [0.4, 0.5) is 0 Å². The number of nitrogens with zero attached hydrogens (tertiary/aromatic N) is 3. The molecule has 1 fully saturated rings. The molecule has 9 heteroatoms. The van der Waals surface area contributed by atoms with Crippen molar-refractivity contribution in [1.82, 2.24) is 5.32 Å². The van der Waals surface area contributed by atoms with Gasteiger partial charge in [0.15, 0.2) is 0 Å². The molecule has 5 aliphatic heterocycles. The van der Waals surface area contributed by atoms with Crippen molar-refractivity contribution in [2.75, 3.05) is 13.7 Å². The van der Waals surface area contributed by atoms with E-state index in [4.69, 9.17) is 24.5 Å². The van der Waals surface area contributed by atoms with E-state index in [1.165, 1.54) is 57.6 Å². The maximum Gasteiger partial charge on any atom is 0.321 e. The summed E-state index contributed by atoms with van der Waals surface area (Å²) in [5.41, 5.74) is 13.3. The van der Waals surface area contributed by atoms with Gasteiger partial charge in [0.2, 0.25) is 0 Å². The molecule has 6 rings (SSSR count). The van der Waals surface area contributed by atoms with Crippen LogP contribution >= 0.6 is 0 Å². The summed E-state index contributed by atoms with van der Waals surface area (Å²) in [6.07, 6.45) is 22.7. The summed E-state index contributed by atoms with van der Waals surface area (Å²) in [5.74, 6) is -0.0182. The average molecular weight is 871 g/mol. The molecule has 0 radical (unpaired) electrons. The summed E-state index contributed by atoms with van der Waals surface area (Å²) in [6, 6.07) is 0. The van der Waals surface area contributed by atoms with Crippen LogP contribution < -0.4 is 5.32 Å². The van der Waals surface area contributed by atoms with Gasteiger partial charge in [0.05, 0.1) is 41.3 Å². The fourth-order valence-electron chi connectivity index (χ4n) is 10.2. The number of hydrogen-bond acceptors (Lipinski definition) is 9. The van der Waals surface area contributed by atoms with E-state index in [-0.39, 0.29) is 36.6 Å². The molecule has 0 aromatic carbocycles. The van der Waals surface area contributed by atoms with Gasteiger partial charge in [0.1, 0.15) is 18.3 Å². The molecule has 5 atom stereocenters. The van der Waals surface area contributed by atoms with Crippen LogP contribution in [-0.4, -0.2) is 47.9 Å². The lowest BCUT2D eigenvalue weighted by molar-refractivity contribution is -0.144. The number of aliphatic hydroxyl groups is 1. The number of allylic oxidation sites excluding steroid dienone is 12. The molecular formula is C55H74N4O5. The minimum atomic E-state index is -1.08. The molecule has 0 saturated carbocycles. The number of aliphatic imine (C=N–C) groups is 3. The monoisotopic (exact) mass is 871 g/mol. The average Bonchev–Trinajstić information content (AvgIpc) is 3.99. The highest BCUT2D eigenvalue weighted by Gasteiger charge is 2.49. The SMILES string of the molecule is C=CC1=C(C)C2=NC1=CC1=NC(=CC3=C(C)C4=C(O)[C@H](C(=O)OC)C(=C5NC(=C2)[C@@H](C)[C@@H]5CCC(=O)OCC=C(C)CCC[C@@H](C)CCC[C@@H](C)CCCC(C)C)C4=N3)C(CC)=C1C. The highest BCUT2D eigenvalue weighted by atomic mass is 16.5. The van der Waals surface area contributed by atoms with Crippen LogP contribution in [0.25, 0.3) is 0 Å². The number of esters is 2. The molecular weight excluding hydrogens is 797 g/mol. The van der Waals surface area contributed by atoms with E-state index in [0.29, 0.717) is 29.0 Å². The Morgan fingerprint density at radius 2 is 1.53 bits per heavy atom. The standard InChI is InChI=1S/C55H74N4O5/c1-13-39-35(8)42-28-44-37(10)41(24-25-48(60)64-27-26-34(7)23-17-22-33(6)21-16-20-32(5)19-15-18-31(3)4)52(58-44)50-51(55(62)63-12)54(61)49-38(11)45(59-53(49)50)30-47-40(14-2)36(9)43(57-47)29-46(39)56-42/h13,26,28-33,37,41,51,58,61H,1,14-25,27H2,2-12H3/t32-,33-,37-,41-,51+/m0/s1. The van der Waals surface area contributed by atoms with Crippen molar-refractivity contribution in [1.29, 1.82) is 0 Å². The van der Waals surface area contributed by atoms with Gasteiger partial charge in [-0.1, -0.05) is 105 Å². The van der Waals surface area contributed by atoms with Crippen LogP contribution in [0.5, 0.6) is 0 Å². The van der Waals surface area contributed by atoms with Crippen molar-refractivity contribution >= 4 is 29.1 Å². The van der Waals surface area contributed by atoms with Crippen molar-refractivity contribution < 1.29 is 24.2 Å². The van der Waals surface area contributed by atoms with Gasteiger partial charge in [-0.25, -0.2) is 15.0 Å². The maximum atomic E-state index is 13.6. The predicted molar refractivity (Wildman–Crippen MR) is 262 cm³/mol. The third-order valence-electron chi connectivity index (χ3n) is 14.3. The number of fused-ring (bicyclic) bond motifs is 5. The fourth-order valence-corrected chi connectivity index (χ4v) is 10.2. The number of carbonyl (C=O) groups is 2. The Balaban J connectivity index is 1.20. The lowest BCUT2D eigenvalue weighted by atomic mass is 9.84. The lowest BCUT2D eigenvalue weighted by Gasteiger charge is -2.20. The Labute approximate surface area is 383 Å². The van der Waals surface area contributed by atoms with Crippen LogP contribution in [0.3, 0.4) is 0 Å². The van der Waals surface area contributed by atoms with E-state index in [2.05, 4.69) is 73.4 Å². The minimum Gasteiger partial charge on any atom is -0.510 e. The van der Waals surface area contributed by atoms with Gasteiger partial charge in [0.25, 0.3) is 0 Å². The molecule has 0 unspecified atom stereocenters. The third-order valence-corrected chi connectivity index (χ3v) is 14.3. The Morgan fingerprint density at radius 3 is 2.19 bits per heavy atom. The minimum absolute atomic E-state index is 0.0838. The van der Waals surface area contributed by atoms with E-state index < -0.39 is 11.9 Å². The van der Waals surface area contributed by atoms with Gasteiger partial charge in [-0.2, -0.15) is 0 Å². The number of ether oxygens (including phenoxy) is 2. The highest BCUT2D eigenvalue weighted by Crippen LogP contribution is 2.49. The number of nitrogens with one attached hydrogen (secondary N) is 1. The predicted octanol–water partition coefficient (Wildman–Crippen LogP) is 13.0.